The van der Waals surface area contributed by atoms with Gasteiger partial charge in [0, 0.05) is 16.7 Å². The number of hydrogen-bond donors (Lipinski definition) is 0. The van der Waals surface area contributed by atoms with Crippen molar-refractivity contribution in [2.24, 2.45) is 0 Å². The number of ether oxygens (including phenoxy) is 1. The standard InChI is InChI=1S/C11H5BrF2N2O3/c12-6-1-7(5-15-4-6)19-11-3-8(13)10(16(17)18)2-9(11)14/h1-5H. The summed E-state index contributed by atoms with van der Waals surface area (Å²) < 4.78 is 32.6. The average Bonchev–Trinajstić information content (AvgIpc) is 2.33. The van der Waals surface area contributed by atoms with Gasteiger partial charge >= 0.3 is 5.69 Å². The Morgan fingerprint density at radius 1 is 1.21 bits per heavy atom. The summed E-state index contributed by atoms with van der Waals surface area (Å²) >= 11 is 3.14. The van der Waals surface area contributed by atoms with Gasteiger partial charge in [0.2, 0.25) is 5.82 Å². The molecular weight excluding hydrogens is 326 g/mol. The van der Waals surface area contributed by atoms with Crippen molar-refractivity contribution >= 4 is 21.6 Å². The van der Waals surface area contributed by atoms with Crippen molar-refractivity contribution in [3.8, 4) is 11.5 Å². The molecule has 1 aromatic carbocycles. The topological polar surface area (TPSA) is 65.3 Å². The van der Waals surface area contributed by atoms with Crippen LogP contribution in [0.25, 0.3) is 0 Å². The Morgan fingerprint density at radius 3 is 2.58 bits per heavy atom. The van der Waals surface area contributed by atoms with Gasteiger partial charge in [0.25, 0.3) is 0 Å². The summed E-state index contributed by atoms with van der Waals surface area (Å²) in [5.74, 6) is -2.50. The summed E-state index contributed by atoms with van der Waals surface area (Å²) in [5, 5.41) is 10.4. The minimum absolute atomic E-state index is 0.168. The highest BCUT2D eigenvalue weighted by molar-refractivity contribution is 9.10. The molecule has 2 rings (SSSR count). The SMILES string of the molecule is O=[N+]([O-])c1cc(F)c(Oc2cncc(Br)c2)cc1F. The number of rotatable bonds is 3. The molecule has 0 N–H and O–H groups in total. The summed E-state index contributed by atoms with van der Waals surface area (Å²) in [6, 6.07) is 2.58. The van der Waals surface area contributed by atoms with Crippen LogP contribution in [-0.2, 0) is 0 Å². The number of nitro groups is 1. The summed E-state index contributed by atoms with van der Waals surface area (Å²) in [6.07, 6.45) is 2.78. The zero-order valence-corrected chi connectivity index (χ0v) is 10.7. The number of aromatic nitrogens is 1. The van der Waals surface area contributed by atoms with E-state index in [9.17, 15) is 18.9 Å². The Labute approximate surface area is 114 Å². The Bertz CT molecular complexity index is 652. The molecule has 1 aromatic heterocycles. The molecule has 0 amide bonds. The second-order valence-electron chi connectivity index (χ2n) is 3.43. The predicted octanol–water partition coefficient (Wildman–Crippen LogP) is 3.82. The molecule has 0 saturated carbocycles. The number of pyridine rings is 1. The summed E-state index contributed by atoms with van der Waals surface area (Å²) in [7, 11) is 0. The second kappa shape index (κ2) is 5.27. The lowest BCUT2D eigenvalue weighted by molar-refractivity contribution is -0.387. The quantitative estimate of drug-likeness (QED) is 0.633. The van der Waals surface area contributed by atoms with Gasteiger partial charge in [0.1, 0.15) is 5.75 Å². The number of hydrogen-bond acceptors (Lipinski definition) is 4. The van der Waals surface area contributed by atoms with Crippen molar-refractivity contribution in [3.05, 3.63) is 56.8 Å². The number of benzene rings is 1. The largest absolute Gasteiger partial charge is 0.453 e. The molecule has 0 fully saturated rings. The minimum atomic E-state index is -1.18. The first-order valence-corrected chi connectivity index (χ1v) is 5.68. The average molecular weight is 331 g/mol. The van der Waals surface area contributed by atoms with Gasteiger partial charge in [-0.25, -0.2) is 4.39 Å². The summed E-state index contributed by atoms with van der Waals surface area (Å²) in [4.78, 5) is 13.2. The Balaban J connectivity index is 2.36. The predicted molar refractivity (Wildman–Crippen MR) is 65.0 cm³/mol. The van der Waals surface area contributed by atoms with Crippen LogP contribution >= 0.6 is 15.9 Å². The van der Waals surface area contributed by atoms with Gasteiger partial charge < -0.3 is 4.74 Å². The molecule has 1 heterocycles. The van der Waals surface area contributed by atoms with Gasteiger partial charge in [0.05, 0.1) is 17.2 Å². The van der Waals surface area contributed by atoms with E-state index in [1.807, 2.05) is 0 Å². The van der Waals surface area contributed by atoms with Gasteiger partial charge in [-0.05, 0) is 22.0 Å². The lowest BCUT2D eigenvalue weighted by Gasteiger charge is -2.06. The monoisotopic (exact) mass is 330 g/mol. The van der Waals surface area contributed by atoms with Crippen LogP contribution in [-0.4, -0.2) is 9.91 Å². The third-order valence-electron chi connectivity index (χ3n) is 2.11. The molecule has 5 nitrogen and oxygen atoms in total. The fraction of sp³-hybridized carbons (Fsp3) is 0. The van der Waals surface area contributed by atoms with Crippen LogP contribution in [0.1, 0.15) is 0 Å². The molecule has 0 aliphatic rings. The van der Waals surface area contributed by atoms with Crippen LogP contribution < -0.4 is 4.74 Å². The first-order chi connectivity index (χ1) is 8.97. The molecule has 0 bridgehead atoms. The first-order valence-electron chi connectivity index (χ1n) is 4.89. The number of nitrogens with zero attached hydrogens (tertiary/aromatic N) is 2. The van der Waals surface area contributed by atoms with E-state index in [4.69, 9.17) is 4.74 Å². The third-order valence-corrected chi connectivity index (χ3v) is 2.54. The molecule has 0 atom stereocenters. The van der Waals surface area contributed by atoms with Gasteiger partial charge in [-0.1, -0.05) is 0 Å². The van der Waals surface area contributed by atoms with Crippen molar-refractivity contribution in [2.75, 3.05) is 0 Å². The van der Waals surface area contributed by atoms with E-state index in [2.05, 4.69) is 20.9 Å². The molecule has 2 aromatic rings. The van der Waals surface area contributed by atoms with Crippen molar-refractivity contribution in [3.63, 3.8) is 0 Å². The van der Waals surface area contributed by atoms with Crippen molar-refractivity contribution in [2.45, 2.75) is 0 Å². The highest BCUT2D eigenvalue weighted by Gasteiger charge is 2.19. The van der Waals surface area contributed by atoms with Crippen LogP contribution in [0.5, 0.6) is 11.5 Å². The Hall–Kier alpha value is -2.09. The molecule has 0 saturated heterocycles. The van der Waals surface area contributed by atoms with E-state index in [-0.39, 0.29) is 5.75 Å². The highest BCUT2D eigenvalue weighted by Crippen LogP contribution is 2.30. The van der Waals surface area contributed by atoms with Crippen molar-refractivity contribution < 1.29 is 18.4 Å². The van der Waals surface area contributed by atoms with Crippen molar-refractivity contribution in [1.82, 2.24) is 4.98 Å². The van der Waals surface area contributed by atoms with Gasteiger partial charge in [-0.3, -0.25) is 15.1 Å². The van der Waals surface area contributed by atoms with E-state index in [0.717, 1.165) is 0 Å². The van der Waals surface area contributed by atoms with Gasteiger partial charge in [-0.2, -0.15) is 4.39 Å². The van der Waals surface area contributed by atoms with E-state index in [1.165, 1.54) is 18.5 Å². The maximum absolute atomic E-state index is 13.5. The van der Waals surface area contributed by atoms with Crippen molar-refractivity contribution in [1.29, 1.82) is 0 Å². The van der Waals surface area contributed by atoms with Crippen LogP contribution in [0.3, 0.4) is 0 Å². The molecule has 0 aliphatic carbocycles. The number of nitro benzene ring substituents is 1. The molecule has 0 unspecified atom stereocenters. The molecule has 98 valence electrons. The smallest absolute Gasteiger partial charge is 0.307 e. The molecular formula is C11H5BrF2N2O3. The third kappa shape index (κ3) is 3.02. The summed E-state index contributed by atoms with van der Waals surface area (Å²) in [6.45, 7) is 0. The molecule has 0 radical (unpaired) electrons. The Morgan fingerprint density at radius 2 is 1.95 bits per heavy atom. The fourth-order valence-corrected chi connectivity index (χ4v) is 1.66. The van der Waals surface area contributed by atoms with E-state index < -0.39 is 28.0 Å². The maximum atomic E-state index is 13.5. The highest BCUT2D eigenvalue weighted by atomic mass is 79.9. The zero-order chi connectivity index (χ0) is 14.0. The molecule has 0 spiro atoms. The lowest BCUT2D eigenvalue weighted by Crippen LogP contribution is -1.96. The van der Waals surface area contributed by atoms with E-state index in [1.54, 1.807) is 0 Å². The maximum Gasteiger partial charge on any atom is 0.307 e. The van der Waals surface area contributed by atoms with Crippen LogP contribution in [0.4, 0.5) is 14.5 Å². The normalized spacial score (nSPS) is 10.3. The first kappa shape index (κ1) is 13.3. The fourth-order valence-electron chi connectivity index (χ4n) is 1.31. The molecule has 8 heteroatoms. The van der Waals surface area contributed by atoms with Crippen LogP contribution in [0.15, 0.2) is 35.1 Å². The number of halogens is 3. The van der Waals surface area contributed by atoms with Gasteiger partial charge in [-0.15, -0.1) is 0 Å². The second-order valence-corrected chi connectivity index (χ2v) is 4.35. The van der Waals surface area contributed by atoms with Crippen LogP contribution in [0.2, 0.25) is 0 Å². The van der Waals surface area contributed by atoms with E-state index >= 15 is 0 Å². The zero-order valence-electron chi connectivity index (χ0n) is 9.14. The molecule has 19 heavy (non-hydrogen) atoms. The Kier molecular flexibility index (Phi) is 3.70. The lowest BCUT2D eigenvalue weighted by atomic mass is 10.3. The molecule has 0 aliphatic heterocycles. The van der Waals surface area contributed by atoms with Crippen LogP contribution in [0, 0.1) is 21.7 Å². The minimum Gasteiger partial charge on any atom is -0.453 e. The van der Waals surface area contributed by atoms with Gasteiger partial charge in [0.15, 0.2) is 11.6 Å². The summed E-state index contributed by atoms with van der Waals surface area (Å²) in [5.41, 5.74) is -0.947. The van der Waals surface area contributed by atoms with E-state index in [0.29, 0.717) is 16.6 Å².